The maximum Gasteiger partial charge on any atom is 0.332 e. The van der Waals surface area contributed by atoms with Gasteiger partial charge in [-0.05, 0) is 25.0 Å². The zero-order valence-corrected chi connectivity index (χ0v) is 18.2. The summed E-state index contributed by atoms with van der Waals surface area (Å²) in [6.45, 7) is 5.85. The Morgan fingerprint density at radius 3 is 2.58 bits per heavy atom. The lowest BCUT2D eigenvalue weighted by Gasteiger charge is -2.15. The smallest absolute Gasteiger partial charge is 0.323 e. The van der Waals surface area contributed by atoms with Gasteiger partial charge >= 0.3 is 5.69 Å². The first-order chi connectivity index (χ1) is 14.6. The zero-order chi connectivity index (χ0) is 22.9. The summed E-state index contributed by atoms with van der Waals surface area (Å²) in [5.74, 6) is -1.93. The van der Waals surface area contributed by atoms with Crippen LogP contribution in [0.25, 0.3) is 11.0 Å². The predicted molar refractivity (Wildman–Crippen MR) is 114 cm³/mol. The Bertz CT molecular complexity index is 1290. The molecule has 2 heterocycles. The summed E-state index contributed by atoms with van der Waals surface area (Å²) in [5.41, 5.74) is -0.989. The lowest BCUT2D eigenvalue weighted by molar-refractivity contribution is -0.113. The molecular formula is C20H21F2N5O3S. The van der Waals surface area contributed by atoms with Gasteiger partial charge in [-0.15, -0.1) is 0 Å². The summed E-state index contributed by atoms with van der Waals surface area (Å²) in [7, 11) is 1.37. The molecule has 0 atom stereocenters. The maximum atomic E-state index is 13.8. The normalized spacial score (nSPS) is 11.3. The van der Waals surface area contributed by atoms with E-state index in [1.165, 1.54) is 11.6 Å². The fourth-order valence-corrected chi connectivity index (χ4v) is 3.85. The van der Waals surface area contributed by atoms with Gasteiger partial charge < -0.3 is 5.32 Å². The Kier molecular flexibility index (Phi) is 6.54. The minimum atomic E-state index is -0.895. The van der Waals surface area contributed by atoms with E-state index in [1.54, 1.807) is 6.92 Å². The topological polar surface area (TPSA) is 98.9 Å². The summed E-state index contributed by atoms with van der Waals surface area (Å²) in [4.78, 5) is 46.3. The van der Waals surface area contributed by atoms with Crippen LogP contribution in [0, 0.1) is 24.5 Å². The molecule has 3 aromatic rings. The van der Waals surface area contributed by atoms with Crippen LogP contribution in [0.3, 0.4) is 0 Å². The largest absolute Gasteiger partial charge is 0.332 e. The number of fused-ring (bicyclic) bond motifs is 1. The van der Waals surface area contributed by atoms with E-state index in [0.29, 0.717) is 18.4 Å². The van der Waals surface area contributed by atoms with Crippen molar-refractivity contribution < 1.29 is 13.6 Å². The number of aryl methyl sites for hydroxylation is 1. The van der Waals surface area contributed by atoms with E-state index in [2.05, 4.69) is 15.3 Å². The van der Waals surface area contributed by atoms with Crippen LogP contribution in [-0.4, -0.2) is 30.8 Å². The van der Waals surface area contributed by atoms with Gasteiger partial charge in [0.15, 0.2) is 5.65 Å². The van der Waals surface area contributed by atoms with Crippen LogP contribution in [0.15, 0.2) is 32.8 Å². The molecule has 164 valence electrons. The van der Waals surface area contributed by atoms with E-state index in [-0.39, 0.29) is 33.4 Å². The Labute approximate surface area is 180 Å². The summed E-state index contributed by atoms with van der Waals surface area (Å²) in [6, 6.07) is 2.82. The van der Waals surface area contributed by atoms with Gasteiger partial charge in [0.1, 0.15) is 27.9 Å². The molecule has 0 unspecified atom stereocenters. The average Bonchev–Trinajstić information content (AvgIpc) is 2.69. The number of carbonyl (C=O) groups excluding carboxylic acids is 1. The number of halogens is 2. The van der Waals surface area contributed by atoms with E-state index in [9.17, 15) is 23.2 Å². The number of rotatable bonds is 6. The molecule has 8 nitrogen and oxygen atoms in total. The maximum absolute atomic E-state index is 13.8. The number of thioether (sulfide) groups is 1. The van der Waals surface area contributed by atoms with Crippen molar-refractivity contribution in [3.05, 3.63) is 56.5 Å². The number of anilines is 1. The molecule has 0 aliphatic heterocycles. The van der Waals surface area contributed by atoms with Crippen LogP contribution < -0.4 is 16.6 Å². The molecule has 3 rings (SSSR count). The standard InChI is InChI=1S/C20H21F2N5O3S/c1-10(2)8-27-17-16(19(29)26(4)20(27)30)18(24-11(3)23-17)31-9-15(28)25-14-6-5-12(21)7-13(14)22/h5-7,10H,8-9H2,1-4H3,(H,25,28). The van der Waals surface area contributed by atoms with Crippen molar-refractivity contribution in [1.82, 2.24) is 19.1 Å². The van der Waals surface area contributed by atoms with Crippen molar-refractivity contribution >= 4 is 34.4 Å². The molecule has 0 radical (unpaired) electrons. The number of hydrogen-bond donors (Lipinski definition) is 1. The minimum Gasteiger partial charge on any atom is -0.323 e. The van der Waals surface area contributed by atoms with Gasteiger partial charge in [-0.2, -0.15) is 0 Å². The lowest BCUT2D eigenvalue weighted by atomic mass is 10.2. The van der Waals surface area contributed by atoms with Crippen LogP contribution >= 0.6 is 11.8 Å². The van der Waals surface area contributed by atoms with Crippen LogP contribution in [0.5, 0.6) is 0 Å². The van der Waals surface area contributed by atoms with E-state index < -0.39 is 28.8 Å². The molecule has 0 bridgehead atoms. The molecule has 1 aromatic carbocycles. The number of nitrogens with one attached hydrogen (secondary N) is 1. The molecule has 0 aliphatic rings. The van der Waals surface area contributed by atoms with E-state index in [0.717, 1.165) is 28.5 Å². The summed E-state index contributed by atoms with van der Waals surface area (Å²) >= 11 is 0.968. The number of carbonyl (C=O) groups is 1. The average molecular weight is 449 g/mol. The highest BCUT2D eigenvalue weighted by Gasteiger charge is 2.19. The van der Waals surface area contributed by atoms with Crippen molar-refractivity contribution in [2.24, 2.45) is 13.0 Å². The fraction of sp³-hybridized carbons (Fsp3) is 0.350. The second-order valence-electron chi connectivity index (χ2n) is 7.39. The van der Waals surface area contributed by atoms with Gasteiger partial charge in [0.25, 0.3) is 5.56 Å². The SMILES string of the molecule is Cc1nc(SCC(=O)Nc2ccc(F)cc2F)c2c(=O)n(C)c(=O)n(CC(C)C)c2n1. The Morgan fingerprint density at radius 2 is 1.94 bits per heavy atom. The fourth-order valence-electron chi connectivity index (χ4n) is 2.99. The quantitative estimate of drug-likeness (QED) is 0.459. The van der Waals surface area contributed by atoms with E-state index in [4.69, 9.17) is 0 Å². The highest BCUT2D eigenvalue weighted by molar-refractivity contribution is 8.00. The van der Waals surface area contributed by atoms with Gasteiger partial charge in [0.2, 0.25) is 5.91 Å². The number of benzene rings is 1. The van der Waals surface area contributed by atoms with Gasteiger partial charge in [0.05, 0.1) is 11.4 Å². The van der Waals surface area contributed by atoms with Gasteiger partial charge in [-0.1, -0.05) is 25.6 Å². The Balaban J connectivity index is 1.97. The number of hydrogen-bond acceptors (Lipinski definition) is 6. The minimum absolute atomic E-state index is 0.126. The third-order valence-corrected chi connectivity index (χ3v) is 5.33. The Hall–Kier alpha value is -3.08. The number of amides is 1. The van der Waals surface area contributed by atoms with Crippen molar-refractivity contribution in [3.8, 4) is 0 Å². The predicted octanol–water partition coefficient (Wildman–Crippen LogP) is 2.46. The van der Waals surface area contributed by atoms with E-state index in [1.807, 2.05) is 13.8 Å². The molecule has 1 amide bonds. The van der Waals surface area contributed by atoms with Gasteiger partial charge in [-0.3, -0.25) is 18.7 Å². The highest BCUT2D eigenvalue weighted by atomic mass is 32.2. The zero-order valence-electron chi connectivity index (χ0n) is 17.4. The molecule has 0 fully saturated rings. The first-order valence-corrected chi connectivity index (χ1v) is 10.4. The molecule has 0 saturated heterocycles. The monoisotopic (exact) mass is 449 g/mol. The van der Waals surface area contributed by atoms with Gasteiger partial charge in [-0.25, -0.2) is 23.5 Å². The Morgan fingerprint density at radius 1 is 1.23 bits per heavy atom. The summed E-state index contributed by atoms with van der Waals surface area (Å²) < 4.78 is 29.2. The van der Waals surface area contributed by atoms with E-state index >= 15 is 0 Å². The number of nitrogens with zero attached hydrogens (tertiary/aromatic N) is 4. The molecule has 0 aliphatic carbocycles. The van der Waals surface area contributed by atoms with Crippen LogP contribution in [0.4, 0.5) is 14.5 Å². The summed E-state index contributed by atoms with van der Waals surface area (Å²) in [6.07, 6.45) is 0. The molecule has 0 saturated carbocycles. The molecule has 31 heavy (non-hydrogen) atoms. The molecular weight excluding hydrogens is 428 g/mol. The molecule has 1 N–H and O–H groups in total. The molecule has 11 heteroatoms. The second kappa shape index (κ2) is 8.96. The first kappa shape index (κ1) is 22.6. The third-order valence-electron chi connectivity index (χ3n) is 4.35. The van der Waals surface area contributed by atoms with Crippen LogP contribution in [-0.2, 0) is 18.4 Å². The van der Waals surface area contributed by atoms with Crippen molar-refractivity contribution in [3.63, 3.8) is 0 Å². The van der Waals surface area contributed by atoms with Crippen LogP contribution in [0.2, 0.25) is 0 Å². The lowest BCUT2D eigenvalue weighted by Crippen LogP contribution is -2.39. The third kappa shape index (κ3) is 4.82. The van der Waals surface area contributed by atoms with Crippen molar-refractivity contribution in [2.45, 2.75) is 32.3 Å². The summed E-state index contributed by atoms with van der Waals surface area (Å²) in [5, 5.41) is 2.74. The molecule has 2 aromatic heterocycles. The van der Waals surface area contributed by atoms with Crippen molar-refractivity contribution in [2.75, 3.05) is 11.1 Å². The number of aromatic nitrogens is 4. The molecule has 0 spiro atoms. The highest BCUT2D eigenvalue weighted by Crippen LogP contribution is 2.23. The second-order valence-corrected chi connectivity index (χ2v) is 8.35. The van der Waals surface area contributed by atoms with Gasteiger partial charge in [0, 0.05) is 19.7 Å². The van der Waals surface area contributed by atoms with Crippen LogP contribution in [0.1, 0.15) is 19.7 Å². The first-order valence-electron chi connectivity index (χ1n) is 9.44. The van der Waals surface area contributed by atoms with Crippen molar-refractivity contribution in [1.29, 1.82) is 0 Å².